The van der Waals surface area contributed by atoms with Crippen LogP contribution in [0.25, 0.3) is 11.1 Å². The molecule has 2 fully saturated rings. The zero-order chi connectivity index (χ0) is 35.1. The molecule has 2 heterocycles. The Hall–Kier alpha value is -2.92. The SMILES string of the molecule is CNS(=O)(=O)c1cccc(OC[C@@H](O)CNC2COC3(CCN(S(=O)(=O)c4cccc(-c5ccc(CNCCN(C)C)cc5)c4)CC3)C2)c1. The number of nitrogens with one attached hydrogen (secondary N) is 3. The summed E-state index contributed by atoms with van der Waals surface area (Å²) in [5, 5.41) is 17.3. The fourth-order valence-electron chi connectivity index (χ4n) is 6.20. The molecule has 14 heteroatoms. The number of nitrogens with zero attached hydrogens (tertiary/aromatic N) is 2. The highest BCUT2D eigenvalue weighted by Gasteiger charge is 2.44. The van der Waals surface area contributed by atoms with E-state index in [0.29, 0.717) is 38.3 Å². The average molecular weight is 716 g/mol. The van der Waals surface area contributed by atoms with Gasteiger partial charge in [0.2, 0.25) is 20.0 Å². The van der Waals surface area contributed by atoms with Gasteiger partial charge in [-0.25, -0.2) is 21.6 Å². The van der Waals surface area contributed by atoms with E-state index in [1.54, 1.807) is 34.6 Å². The number of ether oxygens (including phenoxy) is 2. The van der Waals surface area contributed by atoms with Crippen molar-refractivity contribution >= 4 is 20.0 Å². The van der Waals surface area contributed by atoms with Crippen LogP contribution in [0.4, 0.5) is 0 Å². The maximum absolute atomic E-state index is 13.7. The van der Waals surface area contributed by atoms with Gasteiger partial charge in [-0.15, -0.1) is 0 Å². The molecular weight excluding hydrogens is 667 g/mol. The number of rotatable bonds is 16. The predicted molar refractivity (Wildman–Crippen MR) is 189 cm³/mol. The van der Waals surface area contributed by atoms with Gasteiger partial charge in [0.05, 0.1) is 22.0 Å². The molecule has 0 amide bonds. The third-order valence-electron chi connectivity index (χ3n) is 9.14. The van der Waals surface area contributed by atoms with Gasteiger partial charge in [0.25, 0.3) is 0 Å². The standard InChI is InChI=1S/C35H49N5O7S2/c1-36-48(42,43)33-8-5-7-32(21-33)46-26-31(41)24-38-30-22-35(47-25-30)14-17-40(18-15-35)49(44,45)34-9-4-6-29(20-34)28-12-10-27(11-13-28)23-37-16-19-39(2)3/h4-13,20-21,30-31,36-38,41H,14-19,22-26H2,1-3H3/t30?,31-/m0/s1. The molecule has 2 aliphatic rings. The Balaban J connectivity index is 1.08. The molecule has 1 unspecified atom stereocenters. The highest BCUT2D eigenvalue weighted by Crippen LogP contribution is 2.37. The molecule has 0 bridgehead atoms. The Kier molecular flexibility index (Phi) is 12.5. The van der Waals surface area contributed by atoms with Crippen LogP contribution in [0, 0.1) is 0 Å². The molecule has 49 heavy (non-hydrogen) atoms. The molecule has 3 aromatic rings. The monoisotopic (exact) mass is 715 g/mol. The topological polar surface area (TPSA) is 150 Å². The van der Waals surface area contributed by atoms with E-state index >= 15 is 0 Å². The second kappa shape index (κ2) is 16.4. The second-order valence-corrected chi connectivity index (χ2v) is 16.9. The second-order valence-electron chi connectivity index (χ2n) is 13.1. The number of hydrogen-bond donors (Lipinski definition) is 4. The summed E-state index contributed by atoms with van der Waals surface area (Å²) in [4.78, 5) is 2.51. The molecule has 2 saturated heterocycles. The normalized spacial score (nSPS) is 19.0. The highest BCUT2D eigenvalue weighted by molar-refractivity contribution is 7.89. The summed E-state index contributed by atoms with van der Waals surface area (Å²) >= 11 is 0. The van der Waals surface area contributed by atoms with Gasteiger partial charge in [0, 0.05) is 51.4 Å². The Labute approximate surface area is 290 Å². The molecule has 5 rings (SSSR count). The lowest BCUT2D eigenvalue weighted by atomic mass is 9.88. The van der Waals surface area contributed by atoms with E-state index in [2.05, 4.69) is 32.4 Å². The number of benzene rings is 3. The van der Waals surface area contributed by atoms with Gasteiger partial charge in [0.15, 0.2) is 0 Å². The summed E-state index contributed by atoms with van der Waals surface area (Å²) in [6, 6.07) is 21.5. The van der Waals surface area contributed by atoms with E-state index < -0.39 is 31.8 Å². The largest absolute Gasteiger partial charge is 0.491 e. The average Bonchev–Trinajstić information content (AvgIpc) is 3.50. The van der Waals surface area contributed by atoms with Crippen molar-refractivity contribution < 1.29 is 31.4 Å². The third kappa shape index (κ3) is 9.87. The molecule has 2 atom stereocenters. The first-order valence-electron chi connectivity index (χ1n) is 16.7. The number of sulfonamides is 2. The van der Waals surface area contributed by atoms with Crippen molar-refractivity contribution in [2.45, 2.75) is 53.3 Å². The van der Waals surface area contributed by atoms with Crippen molar-refractivity contribution in [3.63, 3.8) is 0 Å². The first-order chi connectivity index (χ1) is 23.4. The van der Waals surface area contributed by atoms with E-state index in [-0.39, 0.29) is 29.0 Å². The van der Waals surface area contributed by atoms with Gasteiger partial charge in [-0.2, -0.15) is 4.31 Å². The van der Waals surface area contributed by atoms with Crippen LogP contribution in [-0.2, 0) is 31.3 Å². The summed E-state index contributed by atoms with van der Waals surface area (Å²) in [7, 11) is -1.84. The Morgan fingerprint density at radius 2 is 1.69 bits per heavy atom. The third-order valence-corrected chi connectivity index (χ3v) is 12.4. The fraction of sp³-hybridized carbons (Fsp3) is 0.486. The fourth-order valence-corrected chi connectivity index (χ4v) is 8.45. The number of likely N-dealkylation sites (N-methyl/N-ethyl adjacent to an activating group) is 1. The van der Waals surface area contributed by atoms with E-state index in [9.17, 15) is 21.9 Å². The van der Waals surface area contributed by atoms with Gasteiger partial charge >= 0.3 is 0 Å². The van der Waals surface area contributed by atoms with E-state index in [4.69, 9.17) is 9.47 Å². The van der Waals surface area contributed by atoms with E-state index in [1.807, 2.05) is 32.3 Å². The molecule has 3 aromatic carbocycles. The smallest absolute Gasteiger partial charge is 0.243 e. The quantitative estimate of drug-likeness (QED) is 0.163. The van der Waals surface area contributed by atoms with E-state index in [1.165, 1.54) is 24.7 Å². The molecule has 1 spiro atoms. The van der Waals surface area contributed by atoms with Gasteiger partial charge in [-0.1, -0.05) is 42.5 Å². The lowest BCUT2D eigenvalue weighted by molar-refractivity contribution is -0.0312. The molecule has 0 aromatic heterocycles. The van der Waals surface area contributed by atoms with Crippen molar-refractivity contribution in [3.8, 4) is 16.9 Å². The minimum atomic E-state index is -3.68. The first-order valence-corrected chi connectivity index (χ1v) is 19.6. The van der Waals surface area contributed by atoms with Crippen molar-refractivity contribution in [1.82, 2.24) is 24.6 Å². The van der Waals surface area contributed by atoms with Gasteiger partial charge in [0.1, 0.15) is 18.5 Å². The van der Waals surface area contributed by atoms with E-state index in [0.717, 1.165) is 37.2 Å². The van der Waals surface area contributed by atoms with Gasteiger partial charge in [-0.05, 0) is 81.4 Å². The highest BCUT2D eigenvalue weighted by atomic mass is 32.2. The number of piperidine rings is 1. The number of hydrogen-bond acceptors (Lipinski definition) is 10. The molecule has 2 aliphatic heterocycles. The molecule has 12 nitrogen and oxygen atoms in total. The lowest BCUT2D eigenvalue weighted by Gasteiger charge is -2.38. The van der Waals surface area contributed by atoms with Crippen LogP contribution in [-0.4, -0.2) is 116 Å². The molecular formula is C35H49N5O7S2. The van der Waals surface area contributed by atoms with Crippen LogP contribution in [0.2, 0.25) is 0 Å². The minimum absolute atomic E-state index is 0.0110. The Morgan fingerprint density at radius 3 is 2.41 bits per heavy atom. The molecule has 0 radical (unpaired) electrons. The summed E-state index contributed by atoms with van der Waals surface area (Å²) in [6.07, 6.45) is 1.07. The maximum atomic E-state index is 13.7. The van der Waals surface area contributed by atoms with Crippen LogP contribution in [0.1, 0.15) is 24.8 Å². The first kappa shape index (κ1) is 37.3. The zero-order valence-electron chi connectivity index (χ0n) is 28.5. The summed E-state index contributed by atoms with van der Waals surface area (Å²) in [6.45, 7) is 4.12. The van der Waals surface area contributed by atoms with Crippen LogP contribution < -0.4 is 20.1 Å². The minimum Gasteiger partial charge on any atom is -0.491 e. The predicted octanol–water partition coefficient (Wildman–Crippen LogP) is 2.25. The van der Waals surface area contributed by atoms with Crippen molar-refractivity contribution in [2.75, 3.05) is 67.1 Å². The van der Waals surface area contributed by atoms with Crippen molar-refractivity contribution in [3.05, 3.63) is 78.4 Å². The summed E-state index contributed by atoms with van der Waals surface area (Å²) in [5.41, 5.74) is 2.59. The molecule has 0 saturated carbocycles. The van der Waals surface area contributed by atoms with Crippen LogP contribution >= 0.6 is 0 Å². The number of aliphatic hydroxyl groups is 1. The van der Waals surface area contributed by atoms with Gasteiger partial charge < -0.3 is 30.1 Å². The van der Waals surface area contributed by atoms with Crippen LogP contribution in [0.5, 0.6) is 5.75 Å². The van der Waals surface area contributed by atoms with Crippen molar-refractivity contribution in [2.24, 2.45) is 0 Å². The Morgan fingerprint density at radius 1 is 0.980 bits per heavy atom. The summed E-state index contributed by atoms with van der Waals surface area (Å²) in [5.74, 6) is 0.348. The maximum Gasteiger partial charge on any atom is 0.243 e. The van der Waals surface area contributed by atoms with Crippen molar-refractivity contribution in [1.29, 1.82) is 0 Å². The van der Waals surface area contributed by atoms with Gasteiger partial charge in [-0.3, -0.25) is 0 Å². The zero-order valence-corrected chi connectivity index (χ0v) is 30.1. The Bertz CT molecular complexity index is 1750. The number of aliphatic hydroxyl groups excluding tert-OH is 1. The summed E-state index contributed by atoms with van der Waals surface area (Å²) < 4.78 is 67.2. The molecule has 268 valence electrons. The van der Waals surface area contributed by atoms with Crippen LogP contribution in [0.15, 0.2) is 82.6 Å². The molecule has 4 N–H and O–H groups in total. The van der Waals surface area contributed by atoms with Crippen LogP contribution in [0.3, 0.4) is 0 Å². The lowest BCUT2D eigenvalue weighted by Crippen LogP contribution is -2.47. The molecule has 0 aliphatic carbocycles.